The molecule has 2 aliphatic heterocycles. The molecule has 16 nitrogen and oxygen atoms in total. The highest BCUT2D eigenvalue weighted by Gasteiger charge is 2.56. The van der Waals surface area contributed by atoms with E-state index in [1.54, 1.807) is 0 Å². The number of hydrogen-bond donors (Lipinski definition) is 2. The number of carbonyl (C=O) groups excluding carboxylic acids is 5. The highest BCUT2D eigenvalue weighted by atomic mass is 16.8. The van der Waals surface area contributed by atoms with Gasteiger partial charge >= 0.3 is 29.8 Å². The second kappa shape index (κ2) is 16.6. The van der Waals surface area contributed by atoms with Crippen molar-refractivity contribution in [2.75, 3.05) is 13.2 Å². The number of ether oxygens (including phenoxy) is 9. The summed E-state index contributed by atoms with van der Waals surface area (Å²) in [5.74, 6) is -4.14. The molecule has 2 fully saturated rings. The summed E-state index contributed by atoms with van der Waals surface area (Å²) < 4.78 is 49.8. The van der Waals surface area contributed by atoms with Crippen molar-refractivity contribution in [1.82, 2.24) is 0 Å². The Hall–Kier alpha value is -3.67. The minimum atomic E-state index is -1.86. The van der Waals surface area contributed by atoms with Gasteiger partial charge in [-0.05, 0) is 5.56 Å². The molecule has 0 bridgehead atoms. The minimum absolute atomic E-state index is 0.127. The molecule has 250 valence electrons. The van der Waals surface area contributed by atoms with Gasteiger partial charge in [-0.1, -0.05) is 30.3 Å². The molecular formula is C29H38O16. The average molecular weight is 643 g/mol. The summed E-state index contributed by atoms with van der Waals surface area (Å²) in [5.41, 5.74) is 0.817. The van der Waals surface area contributed by atoms with Gasteiger partial charge in [0.25, 0.3) is 0 Å². The van der Waals surface area contributed by atoms with Crippen LogP contribution in [-0.4, -0.2) is 115 Å². The van der Waals surface area contributed by atoms with Crippen LogP contribution in [0.2, 0.25) is 0 Å². The van der Waals surface area contributed by atoms with E-state index >= 15 is 0 Å². The summed E-state index contributed by atoms with van der Waals surface area (Å²) in [6.45, 7) is 4.70. The van der Waals surface area contributed by atoms with Crippen molar-refractivity contribution in [2.45, 2.75) is 103 Å². The van der Waals surface area contributed by atoms with Gasteiger partial charge in [0.2, 0.25) is 0 Å². The first-order valence-corrected chi connectivity index (χ1v) is 14.0. The van der Waals surface area contributed by atoms with Crippen LogP contribution in [0.1, 0.15) is 40.2 Å². The maximum absolute atomic E-state index is 12.1. The van der Waals surface area contributed by atoms with Crippen LogP contribution in [0.5, 0.6) is 0 Å². The lowest BCUT2D eigenvalue weighted by Crippen LogP contribution is -2.66. The van der Waals surface area contributed by atoms with Crippen LogP contribution in [0.15, 0.2) is 30.3 Å². The first-order valence-electron chi connectivity index (χ1n) is 14.0. The Bertz CT molecular complexity index is 1170. The summed E-state index contributed by atoms with van der Waals surface area (Å²) in [4.78, 5) is 59.8. The zero-order valence-electron chi connectivity index (χ0n) is 25.4. The van der Waals surface area contributed by atoms with Gasteiger partial charge in [0, 0.05) is 34.6 Å². The number of hydrogen-bond acceptors (Lipinski definition) is 16. The van der Waals surface area contributed by atoms with Crippen molar-refractivity contribution in [3.05, 3.63) is 35.9 Å². The van der Waals surface area contributed by atoms with E-state index < -0.39 is 97.9 Å². The molecule has 1 aromatic rings. The maximum atomic E-state index is 12.1. The molecule has 3 rings (SSSR count). The number of rotatable bonds is 12. The van der Waals surface area contributed by atoms with Crippen LogP contribution in [0.4, 0.5) is 0 Å². The van der Waals surface area contributed by atoms with Gasteiger partial charge in [-0.25, -0.2) is 0 Å². The lowest BCUT2D eigenvalue weighted by atomic mass is 9.96. The topological polar surface area (TPSA) is 209 Å². The Kier molecular flexibility index (Phi) is 13.2. The second-order valence-electron chi connectivity index (χ2n) is 10.3. The van der Waals surface area contributed by atoms with Gasteiger partial charge < -0.3 is 52.8 Å². The summed E-state index contributed by atoms with van der Waals surface area (Å²) >= 11 is 0. The highest BCUT2D eigenvalue weighted by molar-refractivity contribution is 5.68. The molecular weight excluding hydrogens is 604 g/mol. The van der Waals surface area contributed by atoms with Crippen LogP contribution in [0.25, 0.3) is 0 Å². The van der Waals surface area contributed by atoms with E-state index in [4.69, 9.17) is 42.6 Å². The average Bonchev–Trinajstić information content (AvgIpc) is 2.94. The quantitative estimate of drug-likeness (QED) is 0.221. The zero-order chi connectivity index (χ0) is 33.3. The van der Waals surface area contributed by atoms with Crippen molar-refractivity contribution in [2.24, 2.45) is 0 Å². The molecule has 2 saturated heterocycles. The molecule has 2 heterocycles. The van der Waals surface area contributed by atoms with Gasteiger partial charge in [-0.3, -0.25) is 24.0 Å². The van der Waals surface area contributed by atoms with Crippen LogP contribution in [-0.2, 0) is 73.2 Å². The van der Waals surface area contributed by atoms with Crippen LogP contribution < -0.4 is 0 Å². The minimum Gasteiger partial charge on any atom is -0.463 e. The molecule has 0 amide bonds. The normalized spacial score (nSPS) is 31.3. The Morgan fingerprint density at radius 3 is 1.78 bits per heavy atom. The largest absolute Gasteiger partial charge is 0.463 e. The molecule has 0 saturated carbocycles. The highest BCUT2D eigenvalue weighted by Crippen LogP contribution is 2.34. The van der Waals surface area contributed by atoms with E-state index in [9.17, 15) is 34.2 Å². The molecule has 10 atom stereocenters. The smallest absolute Gasteiger partial charge is 0.303 e. The van der Waals surface area contributed by atoms with Crippen molar-refractivity contribution >= 4 is 29.8 Å². The molecule has 0 radical (unpaired) electrons. The number of aliphatic hydroxyl groups excluding tert-OH is 2. The van der Waals surface area contributed by atoms with Crippen LogP contribution in [0, 0.1) is 0 Å². The Balaban J connectivity index is 1.99. The molecule has 16 heteroatoms. The summed E-state index contributed by atoms with van der Waals surface area (Å²) in [6, 6.07) is 9.09. The Morgan fingerprint density at radius 1 is 0.644 bits per heavy atom. The molecule has 45 heavy (non-hydrogen) atoms. The lowest BCUT2D eigenvalue weighted by Gasteiger charge is -2.47. The fraction of sp³-hybridized carbons (Fsp3) is 0.621. The van der Waals surface area contributed by atoms with Crippen molar-refractivity contribution < 1.29 is 76.8 Å². The fourth-order valence-electron chi connectivity index (χ4n) is 4.84. The van der Waals surface area contributed by atoms with Gasteiger partial charge in [0.05, 0.1) is 13.2 Å². The van der Waals surface area contributed by atoms with Crippen LogP contribution >= 0.6 is 0 Å². The predicted octanol–water partition coefficient (Wildman–Crippen LogP) is -0.319. The van der Waals surface area contributed by atoms with E-state index in [-0.39, 0.29) is 13.2 Å². The van der Waals surface area contributed by atoms with Crippen molar-refractivity contribution in [3.8, 4) is 0 Å². The SMILES string of the molecule is CC(=O)OC[C@H]1O[C@H](O)[C@H](OC(C)=O)[C@@H](OC(C)=O)[C@@H]1O[C@@H]1O[C@H](COCc2ccccc2)[C@H](O)[C@H](OC(C)=O)[C@H]1OC(C)=O. The fourth-order valence-corrected chi connectivity index (χ4v) is 4.84. The molecule has 0 spiro atoms. The van der Waals surface area contributed by atoms with Crippen molar-refractivity contribution in [1.29, 1.82) is 0 Å². The number of carbonyl (C=O) groups is 5. The van der Waals surface area contributed by atoms with E-state index in [1.807, 2.05) is 30.3 Å². The van der Waals surface area contributed by atoms with E-state index in [0.717, 1.165) is 40.2 Å². The van der Waals surface area contributed by atoms with Crippen LogP contribution in [0.3, 0.4) is 0 Å². The van der Waals surface area contributed by atoms with Gasteiger partial charge in [-0.2, -0.15) is 0 Å². The third kappa shape index (κ3) is 10.4. The van der Waals surface area contributed by atoms with E-state index in [1.165, 1.54) is 0 Å². The van der Waals surface area contributed by atoms with Crippen molar-refractivity contribution in [3.63, 3.8) is 0 Å². The monoisotopic (exact) mass is 642 g/mol. The lowest BCUT2D eigenvalue weighted by molar-refractivity contribution is -0.357. The zero-order valence-corrected chi connectivity index (χ0v) is 25.4. The number of aliphatic hydroxyl groups is 2. The molecule has 0 unspecified atom stereocenters. The van der Waals surface area contributed by atoms with Gasteiger partial charge in [0.15, 0.2) is 37.0 Å². The Labute approximate surface area is 258 Å². The molecule has 0 aliphatic carbocycles. The second-order valence-corrected chi connectivity index (χ2v) is 10.3. The molecule has 0 aromatic heterocycles. The van der Waals surface area contributed by atoms with E-state index in [2.05, 4.69) is 0 Å². The summed E-state index contributed by atoms with van der Waals surface area (Å²) in [7, 11) is 0. The third-order valence-corrected chi connectivity index (χ3v) is 6.57. The molecule has 1 aromatic carbocycles. The predicted molar refractivity (Wildman–Crippen MR) is 145 cm³/mol. The number of esters is 5. The third-order valence-electron chi connectivity index (χ3n) is 6.57. The first-order chi connectivity index (χ1) is 21.3. The first kappa shape index (κ1) is 35.8. The standard InChI is InChI=1S/C29H38O16/c1-14(30)38-13-21-23(25(40-16(3)32)26(28(36)43-21)41-17(4)33)45-29-27(42-18(5)34)24(39-15(2)31)22(35)20(44-29)12-37-11-19-9-7-6-8-10-19/h6-10,20-29,35-36H,11-13H2,1-5H3/t20-,21-,22+,23-,24+,25+,26-,27-,28+,29+/m1/s1. The van der Waals surface area contributed by atoms with Gasteiger partial charge in [-0.15, -0.1) is 0 Å². The summed E-state index contributed by atoms with van der Waals surface area (Å²) in [6.07, 6.45) is -15.6. The van der Waals surface area contributed by atoms with Gasteiger partial charge in [0.1, 0.15) is 31.0 Å². The number of benzene rings is 1. The molecule has 2 aliphatic rings. The maximum Gasteiger partial charge on any atom is 0.303 e. The van der Waals surface area contributed by atoms with E-state index in [0.29, 0.717) is 0 Å². The summed E-state index contributed by atoms with van der Waals surface area (Å²) in [5, 5.41) is 21.8. The molecule has 2 N–H and O–H groups in total. The Morgan fingerprint density at radius 2 is 1.20 bits per heavy atom.